The number of nitrogens with zero attached hydrogens (tertiary/aromatic N) is 4. The summed E-state index contributed by atoms with van der Waals surface area (Å²) in [5.41, 5.74) is 2.42. The normalized spacial score (nSPS) is 18.1. The van der Waals surface area contributed by atoms with Crippen LogP contribution in [-0.2, 0) is 37.3 Å². The number of esters is 2. The maximum absolute atomic E-state index is 12.3. The molecule has 2 aromatic heterocycles. The lowest BCUT2D eigenvalue weighted by molar-refractivity contribution is -0.152. The van der Waals surface area contributed by atoms with E-state index in [1.54, 1.807) is 23.9 Å². The number of aromatic nitrogens is 4. The van der Waals surface area contributed by atoms with Crippen LogP contribution in [0.15, 0.2) is 12.1 Å². The summed E-state index contributed by atoms with van der Waals surface area (Å²) in [5.74, 6) is -0.358. The van der Waals surface area contributed by atoms with Crippen molar-refractivity contribution in [3.63, 3.8) is 0 Å². The zero-order valence-electron chi connectivity index (χ0n) is 19.7. The van der Waals surface area contributed by atoms with Crippen molar-refractivity contribution in [2.75, 3.05) is 26.9 Å². The lowest BCUT2D eigenvalue weighted by Crippen LogP contribution is -2.37. The van der Waals surface area contributed by atoms with Crippen LogP contribution in [0.1, 0.15) is 44.0 Å². The van der Waals surface area contributed by atoms with Crippen LogP contribution in [0.25, 0.3) is 11.4 Å². The lowest BCUT2D eigenvalue weighted by Gasteiger charge is -2.28. The van der Waals surface area contributed by atoms with E-state index in [9.17, 15) is 9.59 Å². The van der Waals surface area contributed by atoms with Crippen LogP contribution in [-0.4, -0.2) is 65.0 Å². The van der Waals surface area contributed by atoms with Crippen molar-refractivity contribution in [2.24, 2.45) is 13.0 Å². The molecule has 0 spiro atoms. The molecule has 0 N–H and O–H groups in total. The van der Waals surface area contributed by atoms with Gasteiger partial charge in [0.1, 0.15) is 17.5 Å². The predicted octanol–water partition coefficient (Wildman–Crippen LogP) is 2.42. The zero-order chi connectivity index (χ0) is 23.8. The van der Waals surface area contributed by atoms with Crippen LogP contribution in [0, 0.1) is 12.8 Å². The van der Waals surface area contributed by atoms with Crippen molar-refractivity contribution in [1.82, 2.24) is 20.0 Å². The van der Waals surface area contributed by atoms with E-state index in [0.29, 0.717) is 54.8 Å². The fraction of sp³-hybridized carbons (Fsp3) is 0.609. The highest BCUT2D eigenvalue weighted by Gasteiger charge is 2.30. The Bertz CT molecular complexity index is 960. The third-order valence-corrected chi connectivity index (χ3v) is 5.54. The first-order valence-electron chi connectivity index (χ1n) is 11.3. The van der Waals surface area contributed by atoms with Crippen molar-refractivity contribution >= 4 is 11.9 Å². The largest absolute Gasteiger partial charge is 0.486 e. The maximum Gasteiger partial charge on any atom is 0.311 e. The first-order chi connectivity index (χ1) is 15.9. The van der Waals surface area contributed by atoms with Gasteiger partial charge in [-0.1, -0.05) is 25.0 Å². The van der Waals surface area contributed by atoms with Gasteiger partial charge in [0, 0.05) is 13.5 Å². The van der Waals surface area contributed by atoms with E-state index < -0.39 is 0 Å². The van der Waals surface area contributed by atoms with E-state index in [-0.39, 0.29) is 30.4 Å². The smallest absolute Gasteiger partial charge is 0.311 e. The Morgan fingerprint density at radius 3 is 2.79 bits per heavy atom. The summed E-state index contributed by atoms with van der Waals surface area (Å²) in [4.78, 5) is 28.7. The summed E-state index contributed by atoms with van der Waals surface area (Å²) >= 11 is 0. The topological polar surface area (TPSA) is 115 Å². The number of aryl methyl sites for hydroxylation is 2. The Balaban J connectivity index is 1.67. The highest BCUT2D eigenvalue weighted by molar-refractivity contribution is 5.75. The molecule has 1 fully saturated rings. The minimum Gasteiger partial charge on any atom is -0.486 e. The van der Waals surface area contributed by atoms with E-state index in [0.717, 1.165) is 19.3 Å². The summed E-state index contributed by atoms with van der Waals surface area (Å²) in [7, 11) is 3.10. The number of methoxy groups -OCH3 is 1. The Labute approximate surface area is 193 Å². The van der Waals surface area contributed by atoms with Crippen LogP contribution >= 0.6 is 0 Å². The fourth-order valence-electron chi connectivity index (χ4n) is 3.69. The molecule has 10 nitrogen and oxygen atoms in total. The molecule has 0 radical (unpaired) electrons. The van der Waals surface area contributed by atoms with E-state index in [1.807, 2.05) is 6.92 Å². The third-order valence-electron chi connectivity index (χ3n) is 5.54. The van der Waals surface area contributed by atoms with Gasteiger partial charge in [0.05, 0.1) is 56.4 Å². The molecule has 0 aliphatic carbocycles. The Hall–Kier alpha value is -3.01. The maximum atomic E-state index is 12.3. The van der Waals surface area contributed by atoms with Gasteiger partial charge in [0.15, 0.2) is 0 Å². The van der Waals surface area contributed by atoms with E-state index in [1.165, 1.54) is 7.11 Å². The number of hydrogen-bond donors (Lipinski definition) is 0. The molecule has 180 valence electrons. The Morgan fingerprint density at radius 1 is 1.24 bits per heavy atom. The van der Waals surface area contributed by atoms with Crippen molar-refractivity contribution in [3.8, 4) is 17.1 Å². The molecular formula is C23H32N4O6. The molecular weight excluding hydrogens is 428 g/mol. The minimum absolute atomic E-state index is 0.0677. The number of carbonyl (C=O) groups excluding carboxylic acids is 2. The monoisotopic (exact) mass is 460 g/mol. The van der Waals surface area contributed by atoms with Gasteiger partial charge in [-0.3, -0.25) is 14.3 Å². The second-order valence-electron chi connectivity index (χ2n) is 8.13. The van der Waals surface area contributed by atoms with Gasteiger partial charge in [-0.2, -0.15) is 0 Å². The van der Waals surface area contributed by atoms with Gasteiger partial charge in [-0.25, -0.2) is 4.98 Å². The van der Waals surface area contributed by atoms with Gasteiger partial charge in [0.25, 0.3) is 0 Å². The summed E-state index contributed by atoms with van der Waals surface area (Å²) < 4.78 is 23.3. The number of hydrogen-bond acceptors (Lipinski definition) is 9. The first-order valence-corrected chi connectivity index (χ1v) is 11.3. The number of ether oxygens (including phenoxy) is 4. The fourth-order valence-corrected chi connectivity index (χ4v) is 3.69. The molecule has 0 saturated carbocycles. The van der Waals surface area contributed by atoms with Gasteiger partial charge < -0.3 is 18.9 Å². The van der Waals surface area contributed by atoms with E-state index in [2.05, 4.69) is 22.2 Å². The number of rotatable bonds is 10. The average Bonchev–Trinajstić information content (AvgIpc) is 3.17. The molecule has 1 aliphatic rings. The Morgan fingerprint density at radius 2 is 2.06 bits per heavy atom. The molecule has 3 heterocycles. The molecule has 0 bridgehead atoms. The molecule has 3 rings (SSSR count). The van der Waals surface area contributed by atoms with E-state index in [4.69, 9.17) is 18.9 Å². The summed E-state index contributed by atoms with van der Waals surface area (Å²) in [6.07, 6.45) is 3.26. The second kappa shape index (κ2) is 11.7. The van der Waals surface area contributed by atoms with Gasteiger partial charge in [0.2, 0.25) is 0 Å². The first kappa shape index (κ1) is 24.6. The number of carbonyl (C=O) groups is 2. The summed E-state index contributed by atoms with van der Waals surface area (Å²) in [6, 6.07) is 3.59. The highest BCUT2D eigenvalue weighted by Crippen LogP contribution is 2.27. The van der Waals surface area contributed by atoms with Crippen molar-refractivity contribution < 1.29 is 28.5 Å². The van der Waals surface area contributed by atoms with Crippen molar-refractivity contribution in [2.45, 2.75) is 52.1 Å². The Kier molecular flexibility index (Phi) is 8.76. The van der Waals surface area contributed by atoms with Gasteiger partial charge >= 0.3 is 11.9 Å². The lowest BCUT2D eigenvalue weighted by atomic mass is 10.0. The molecule has 33 heavy (non-hydrogen) atoms. The molecule has 10 heteroatoms. The minimum atomic E-state index is -0.342. The van der Waals surface area contributed by atoms with Crippen molar-refractivity contribution in [1.29, 1.82) is 0 Å². The summed E-state index contributed by atoms with van der Waals surface area (Å²) in [5, 5.41) is 8.27. The quantitative estimate of drug-likeness (QED) is 0.389. The average molecular weight is 461 g/mol. The second-order valence-corrected chi connectivity index (χ2v) is 8.13. The van der Waals surface area contributed by atoms with E-state index >= 15 is 0 Å². The zero-order valence-corrected chi connectivity index (χ0v) is 19.7. The molecule has 1 saturated heterocycles. The number of unbranched alkanes of at least 4 members (excludes halogenated alkanes) is 2. The SMILES string of the molecule is CCCCCOC(=O)Cc1c(-c2ccc(O[C@H]3COC[C@H](C(=O)OC)C3)c(C)n2)nnn1C. The third kappa shape index (κ3) is 6.50. The van der Waals surface area contributed by atoms with Crippen molar-refractivity contribution in [3.05, 3.63) is 23.5 Å². The van der Waals surface area contributed by atoms with Crippen LogP contribution in [0.5, 0.6) is 5.75 Å². The standard InChI is InChI=1S/C23H32N4O6/c1-5-6-7-10-32-21(28)12-19-22(25-26-27(19)3)18-8-9-20(15(2)24-18)33-17-11-16(13-31-14-17)23(29)30-4/h8-9,16-17H,5-7,10-14H2,1-4H3/t16-,17-/m1/s1. The summed E-state index contributed by atoms with van der Waals surface area (Å²) in [6.45, 7) is 5.07. The van der Waals surface area contributed by atoms with Gasteiger partial charge in [-0.05, 0) is 25.5 Å². The van der Waals surface area contributed by atoms with Crippen LogP contribution < -0.4 is 4.74 Å². The molecule has 0 amide bonds. The van der Waals surface area contributed by atoms with Crippen LogP contribution in [0.3, 0.4) is 0 Å². The molecule has 1 aliphatic heterocycles. The number of pyridine rings is 1. The van der Waals surface area contributed by atoms with Crippen LogP contribution in [0.4, 0.5) is 0 Å². The predicted molar refractivity (Wildman–Crippen MR) is 119 cm³/mol. The van der Waals surface area contributed by atoms with Gasteiger partial charge in [-0.15, -0.1) is 5.10 Å². The molecule has 0 unspecified atom stereocenters. The molecule has 2 atom stereocenters. The molecule has 0 aromatic carbocycles. The van der Waals surface area contributed by atoms with Crippen LogP contribution in [0.2, 0.25) is 0 Å². The highest BCUT2D eigenvalue weighted by atomic mass is 16.5. The molecule has 2 aromatic rings.